The van der Waals surface area contributed by atoms with Gasteiger partial charge in [-0.25, -0.2) is 13.1 Å². The number of ether oxygens (including phenoxy) is 2. The van der Waals surface area contributed by atoms with Gasteiger partial charge in [0, 0.05) is 44.6 Å². The van der Waals surface area contributed by atoms with Gasteiger partial charge in [0.05, 0.1) is 5.60 Å². The fourth-order valence-electron chi connectivity index (χ4n) is 4.48. The number of allylic oxidation sites excluding steroid dienone is 1. The van der Waals surface area contributed by atoms with E-state index in [0.717, 1.165) is 30.3 Å². The van der Waals surface area contributed by atoms with E-state index in [1.54, 1.807) is 21.0 Å². The van der Waals surface area contributed by atoms with Crippen LogP contribution in [-0.4, -0.2) is 53.0 Å². The molecule has 0 unspecified atom stereocenters. The molecule has 202 valence electrons. The Morgan fingerprint density at radius 1 is 1.03 bits per heavy atom. The average Bonchev–Trinajstić information content (AvgIpc) is 2.85. The third-order valence-electron chi connectivity index (χ3n) is 6.81. The molecular weight excluding hydrogens is 486 g/mol. The van der Waals surface area contributed by atoms with Crippen LogP contribution in [0.25, 0.3) is 16.8 Å². The molecule has 1 fully saturated rings. The number of rotatable bonds is 12. The van der Waals surface area contributed by atoms with Crippen LogP contribution in [0.2, 0.25) is 0 Å². The molecule has 3 rings (SSSR count). The molecule has 0 aromatic heterocycles. The van der Waals surface area contributed by atoms with E-state index in [-0.39, 0.29) is 10.5 Å². The first-order valence-corrected chi connectivity index (χ1v) is 14.5. The lowest BCUT2D eigenvalue weighted by Crippen LogP contribution is -2.45. The zero-order valence-electron chi connectivity index (χ0n) is 22.8. The highest BCUT2D eigenvalue weighted by Crippen LogP contribution is 2.27. The van der Waals surface area contributed by atoms with Crippen LogP contribution in [0.1, 0.15) is 65.4 Å². The quantitative estimate of drug-likeness (QED) is 0.361. The molecule has 37 heavy (non-hydrogen) atoms. The van der Waals surface area contributed by atoms with Gasteiger partial charge in [-0.2, -0.15) is 5.26 Å². The number of methoxy groups -OCH3 is 1. The van der Waals surface area contributed by atoms with Crippen molar-refractivity contribution in [1.29, 1.82) is 5.26 Å². The van der Waals surface area contributed by atoms with E-state index >= 15 is 0 Å². The lowest BCUT2D eigenvalue weighted by molar-refractivity contribution is -0.0418. The van der Waals surface area contributed by atoms with Crippen LogP contribution < -0.4 is 9.62 Å². The first kappa shape index (κ1) is 29.1. The number of piperidine rings is 1. The van der Waals surface area contributed by atoms with Gasteiger partial charge >= 0.3 is 0 Å². The van der Waals surface area contributed by atoms with Crippen LogP contribution in [0.3, 0.4) is 0 Å². The van der Waals surface area contributed by atoms with Crippen molar-refractivity contribution in [3.63, 3.8) is 0 Å². The van der Waals surface area contributed by atoms with Crippen molar-refractivity contribution in [2.24, 2.45) is 0 Å². The van der Waals surface area contributed by atoms with Gasteiger partial charge in [-0.3, -0.25) is 0 Å². The number of hydrogen-bond donors (Lipinski definition) is 1. The summed E-state index contributed by atoms with van der Waals surface area (Å²) in [6.07, 6.45) is 6.35. The molecule has 0 spiro atoms. The van der Waals surface area contributed by atoms with Crippen LogP contribution in [-0.2, 0) is 19.5 Å². The van der Waals surface area contributed by atoms with Gasteiger partial charge in [0.2, 0.25) is 0 Å². The fourth-order valence-corrected chi connectivity index (χ4v) is 5.83. The number of fused-ring (bicyclic) bond motifs is 1. The lowest BCUT2D eigenvalue weighted by atomic mass is 10.0. The van der Waals surface area contributed by atoms with Crippen molar-refractivity contribution in [3.05, 3.63) is 46.9 Å². The van der Waals surface area contributed by atoms with E-state index in [2.05, 4.69) is 27.8 Å². The molecule has 0 aliphatic carbocycles. The van der Waals surface area contributed by atoms with Gasteiger partial charge < -0.3 is 14.4 Å². The van der Waals surface area contributed by atoms with Crippen LogP contribution in [0.5, 0.6) is 0 Å². The molecule has 8 heteroatoms. The third kappa shape index (κ3) is 8.54. The summed E-state index contributed by atoms with van der Waals surface area (Å²) < 4.78 is 40.0. The number of nitrogens with zero attached hydrogens (tertiary/aromatic N) is 2. The monoisotopic (exact) mass is 527 g/mol. The number of benzene rings is 2. The van der Waals surface area contributed by atoms with E-state index < -0.39 is 15.6 Å². The minimum atomic E-state index is -4.02. The topological polar surface area (TPSA) is 91.7 Å². The minimum absolute atomic E-state index is 0.314. The average molecular weight is 528 g/mol. The van der Waals surface area contributed by atoms with Gasteiger partial charge in [-0.1, -0.05) is 18.2 Å². The van der Waals surface area contributed by atoms with Crippen molar-refractivity contribution in [2.45, 2.75) is 70.9 Å². The molecule has 1 aliphatic heterocycles. The second-order valence-corrected chi connectivity index (χ2v) is 12.7. The standard InChI is InChI=1S/C29H41N3O4S/c1-28(2,13-18-36-29(3,4)14-17-35-5)31-37(33,34)27(22-30)20-23-9-10-25-21-26(12-11-24(25)19-23)32-15-7-6-8-16-32/h9-12,19-21,31H,6-8,13-18H2,1-5H3/b27-20+. The molecule has 2 aromatic carbocycles. The molecular formula is C29H41N3O4S. The van der Waals surface area contributed by atoms with Crippen LogP contribution in [0, 0.1) is 11.3 Å². The summed E-state index contributed by atoms with van der Waals surface area (Å²) in [6, 6.07) is 14.0. The summed E-state index contributed by atoms with van der Waals surface area (Å²) in [6.45, 7) is 10.7. The summed E-state index contributed by atoms with van der Waals surface area (Å²) >= 11 is 0. The highest BCUT2D eigenvalue weighted by atomic mass is 32.2. The first-order valence-electron chi connectivity index (χ1n) is 13.0. The molecule has 7 nitrogen and oxygen atoms in total. The number of nitrogens with one attached hydrogen (secondary N) is 1. The van der Waals surface area contributed by atoms with E-state index in [4.69, 9.17) is 9.47 Å². The highest BCUT2D eigenvalue weighted by Gasteiger charge is 2.29. The van der Waals surface area contributed by atoms with Gasteiger partial charge in [0.25, 0.3) is 10.0 Å². The Bertz CT molecular complexity index is 1240. The van der Waals surface area contributed by atoms with Crippen molar-refractivity contribution < 1.29 is 17.9 Å². The van der Waals surface area contributed by atoms with Gasteiger partial charge in [-0.05, 0) is 100 Å². The van der Waals surface area contributed by atoms with Gasteiger partial charge in [-0.15, -0.1) is 0 Å². The van der Waals surface area contributed by atoms with Gasteiger partial charge in [0.1, 0.15) is 6.07 Å². The predicted octanol–water partition coefficient (Wildman–Crippen LogP) is 5.61. The molecule has 0 saturated carbocycles. The molecule has 0 atom stereocenters. The maximum absolute atomic E-state index is 13.1. The molecule has 1 N–H and O–H groups in total. The molecule has 1 aliphatic rings. The summed E-state index contributed by atoms with van der Waals surface area (Å²) in [7, 11) is -2.36. The zero-order valence-corrected chi connectivity index (χ0v) is 23.7. The largest absolute Gasteiger partial charge is 0.385 e. The van der Waals surface area contributed by atoms with Crippen molar-refractivity contribution in [2.75, 3.05) is 38.3 Å². The molecule has 0 bridgehead atoms. The summed E-state index contributed by atoms with van der Waals surface area (Å²) in [4.78, 5) is 2.10. The summed E-state index contributed by atoms with van der Waals surface area (Å²) in [5, 5.41) is 11.8. The van der Waals surface area contributed by atoms with Crippen molar-refractivity contribution in [1.82, 2.24) is 4.72 Å². The minimum Gasteiger partial charge on any atom is -0.385 e. The molecule has 0 amide bonds. The van der Waals surface area contributed by atoms with E-state index in [9.17, 15) is 13.7 Å². The summed E-state index contributed by atoms with van der Waals surface area (Å²) in [5.41, 5.74) is 0.725. The normalized spacial score (nSPS) is 15.7. The van der Waals surface area contributed by atoms with Crippen LogP contribution in [0.15, 0.2) is 41.3 Å². The fraction of sp³-hybridized carbons (Fsp3) is 0.552. The van der Waals surface area contributed by atoms with Gasteiger partial charge in [0.15, 0.2) is 4.91 Å². The second kappa shape index (κ2) is 12.4. The number of sulfonamides is 1. The maximum atomic E-state index is 13.1. The highest BCUT2D eigenvalue weighted by molar-refractivity contribution is 7.93. The van der Waals surface area contributed by atoms with E-state index in [0.29, 0.717) is 25.2 Å². The Morgan fingerprint density at radius 3 is 2.38 bits per heavy atom. The SMILES string of the molecule is COCCC(C)(C)OCCC(C)(C)NS(=O)(=O)/C(C#N)=C/c1ccc2cc(N3CCCCC3)ccc2c1. The zero-order chi connectivity index (χ0) is 27.1. The van der Waals surface area contributed by atoms with Crippen LogP contribution >= 0.6 is 0 Å². The second-order valence-electron chi connectivity index (χ2n) is 11.0. The Hall–Kier alpha value is -2.44. The molecule has 2 aromatic rings. The van der Waals surface area contributed by atoms with Crippen LogP contribution in [0.4, 0.5) is 5.69 Å². The Labute approximate surface area is 222 Å². The molecule has 1 heterocycles. The maximum Gasteiger partial charge on any atom is 0.251 e. The third-order valence-corrected chi connectivity index (χ3v) is 8.41. The lowest BCUT2D eigenvalue weighted by Gasteiger charge is -2.30. The van der Waals surface area contributed by atoms with E-state index in [1.165, 1.54) is 31.0 Å². The number of nitriles is 1. The molecule has 1 saturated heterocycles. The smallest absolute Gasteiger partial charge is 0.251 e. The Morgan fingerprint density at radius 2 is 1.70 bits per heavy atom. The number of hydrogen-bond acceptors (Lipinski definition) is 6. The van der Waals surface area contributed by atoms with Crippen molar-refractivity contribution >= 4 is 32.6 Å². The Balaban J connectivity index is 1.70. The predicted molar refractivity (Wildman–Crippen MR) is 151 cm³/mol. The van der Waals surface area contributed by atoms with E-state index in [1.807, 2.05) is 38.1 Å². The van der Waals surface area contributed by atoms with Crippen molar-refractivity contribution in [3.8, 4) is 6.07 Å². The molecule has 0 radical (unpaired) electrons. The summed E-state index contributed by atoms with van der Waals surface area (Å²) in [5.74, 6) is 0. The first-order chi connectivity index (χ1) is 17.4. The Kier molecular flexibility index (Phi) is 9.76. The number of anilines is 1.